The van der Waals surface area contributed by atoms with Crippen molar-refractivity contribution in [3.63, 3.8) is 0 Å². The summed E-state index contributed by atoms with van der Waals surface area (Å²) in [6, 6.07) is 17.0. The number of hydrogen-bond acceptors (Lipinski definition) is 3. The van der Waals surface area contributed by atoms with Crippen LogP contribution in [0.25, 0.3) is 0 Å². The first-order chi connectivity index (χ1) is 13.9. The average molecular weight is 468 g/mol. The molecule has 0 unspecified atom stereocenters. The highest BCUT2D eigenvalue weighted by Crippen LogP contribution is 2.24. The molecule has 3 aromatic rings. The maximum atomic E-state index is 12.2. The first-order valence-electron chi connectivity index (χ1n) is 8.38. The van der Waals surface area contributed by atoms with Crippen LogP contribution < -0.4 is 10.2 Å². The van der Waals surface area contributed by atoms with Gasteiger partial charge in [0.05, 0.1) is 16.3 Å². The van der Waals surface area contributed by atoms with Gasteiger partial charge in [0.15, 0.2) is 0 Å². The van der Waals surface area contributed by atoms with E-state index in [2.05, 4.69) is 10.5 Å². The van der Waals surface area contributed by atoms with E-state index in [9.17, 15) is 4.79 Å². The molecule has 0 bridgehead atoms. The van der Waals surface area contributed by atoms with Crippen LogP contribution in [0, 0.1) is 0 Å². The fourth-order valence-electron chi connectivity index (χ4n) is 2.35. The van der Waals surface area contributed by atoms with E-state index in [4.69, 9.17) is 51.1 Å². The summed E-state index contributed by atoms with van der Waals surface area (Å²) in [6.45, 7) is 0.284. The molecule has 1 amide bonds. The van der Waals surface area contributed by atoms with Crippen molar-refractivity contribution in [2.45, 2.75) is 6.61 Å². The van der Waals surface area contributed by atoms with Gasteiger partial charge in [0, 0.05) is 26.7 Å². The van der Waals surface area contributed by atoms with Crippen molar-refractivity contribution in [3.05, 3.63) is 97.4 Å². The molecule has 0 saturated carbocycles. The summed E-state index contributed by atoms with van der Waals surface area (Å²) < 4.78 is 5.69. The molecule has 0 fully saturated rings. The highest BCUT2D eigenvalue weighted by Gasteiger charge is 2.07. The number of hydrazone groups is 1. The molecule has 0 heterocycles. The molecule has 3 aromatic carbocycles. The summed E-state index contributed by atoms with van der Waals surface area (Å²) in [5.74, 6) is 0.230. The monoisotopic (exact) mass is 466 g/mol. The lowest BCUT2D eigenvalue weighted by Gasteiger charge is -2.08. The highest BCUT2D eigenvalue weighted by atomic mass is 35.5. The topological polar surface area (TPSA) is 50.7 Å². The third-order valence-electron chi connectivity index (χ3n) is 3.88. The normalized spacial score (nSPS) is 10.9. The molecule has 29 heavy (non-hydrogen) atoms. The molecule has 4 nitrogen and oxygen atoms in total. The van der Waals surface area contributed by atoms with Gasteiger partial charge in [0.1, 0.15) is 12.4 Å². The van der Waals surface area contributed by atoms with E-state index in [0.29, 0.717) is 37.0 Å². The van der Waals surface area contributed by atoms with Crippen LogP contribution in [0.15, 0.2) is 65.8 Å². The predicted octanol–water partition coefficient (Wildman–Crippen LogP) is 6.64. The SMILES string of the molecule is O=C(N/N=C/c1cccc(Cl)c1Cl)c1ccc(OCc2ccc(Cl)cc2Cl)cc1. The molecular weight excluding hydrogens is 454 g/mol. The number of amides is 1. The average Bonchev–Trinajstić information content (AvgIpc) is 2.71. The summed E-state index contributed by atoms with van der Waals surface area (Å²) in [6.07, 6.45) is 1.43. The summed E-state index contributed by atoms with van der Waals surface area (Å²) in [5.41, 5.74) is 4.28. The second-order valence-electron chi connectivity index (χ2n) is 5.89. The Labute approximate surface area is 188 Å². The first kappa shape index (κ1) is 21.5. The quantitative estimate of drug-likeness (QED) is 0.326. The number of benzene rings is 3. The number of nitrogens with zero attached hydrogens (tertiary/aromatic N) is 1. The van der Waals surface area contributed by atoms with E-state index in [0.717, 1.165) is 5.56 Å². The zero-order chi connectivity index (χ0) is 20.8. The van der Waals surface area contributed by atoms with E-state index < -0.39 is 0 Å². The van der Waals surface area contributed by atoms with E-state index >= 15 is 0 Å². The van der Waals surface area contributed by atoms with Crippen LogP contribution in [0.2, 0.25) is 20.1 Å². The Morgan fingerprint density at radius 1 is 0.966 bits per heavy atom. The Morgan fingerprint density at radius 2 is 1.72 bits per heavy atom. The van der Waals surface area contributed by atoms with Crippen LogP contribution in [-0.4, -0.2) is 12.1 Å². The van der Waals surface area contributed by atoms with Gasteiger partial charge in [-0.3, -0.25) is 4.79 Å². The summed E-state index contributed by atoms with van der Waals surface area (Å²) in [5, 5.41) is 5.79. The molecule has 3 rings (SSSR count). The van der Waals surface area contributed by atoms with Crippen molar-refractivity contribution in [2.75, 3.05) is 0 Å². The van der Waals surface area contributed by atoms with Crippen LogP contribution in [0.4, 0.5) is 0 Å². The highest BCUT2D eigenvalue weighted by molar-refractivity contribution is 6.43. The van der Waals surface area contributed by atoms with E-state index in [1.807, 2.05) is 0 Å². The first-order valence-corrected chi connectivity index (χ1v) is 9.89. The molecule has 0 aliphatic carbocycles. The summed E-state index contributed by atoms with van der Waals surface area (Å²) in [4.78, 5) is 12.2. The molecule has 0 saturated heterocycles. The number of hydrogen-bond donors (Lipinski definition) is 1. The van der Waals surface area contributed by atoms with Gasteiger partial charge in [0.25, 0.3) is 5.91 Å². The molecule has 0 aliphatic rings. The van der Waals surface area contributed by atoms with E-state index in [-0.39, 0.29) is 12.5 Å². The maximum absolute atomic E-state index is 12.2. The minimum Gasteiger partial charge on any atom is -0.489 e. The molecule has 148 valence electrons. The smallest absolute Gasteiger partial charge is 0.271 e. The number of carbonyl (C=O) groups is 1. The molecule has 0 aliphatic heterocycles. The zero-order valence-corrected chi connectivity index (χ0v) is 17.9. The third kappa shape index (κ3) is 5.87. The van der Waals surface area contributed by atoms with Crippen molar-refractivity contribution in [1.82, 2.24) is 5.43 Å². The van der Waals surface area contributed by atoms with Crippen LogP contribution >= 0.6 is 46.4 Å². The molecule has 1 N–H and O–H groups in total. The lowest BCUT2D eigenvalue weighted by atomic mass is 10.2. The van der Waals surface area contributed by atoms with Crippen molar-refractivity contribution < 1.29 is 9.53 Å². The van der Waals surface area contributed by atoms with Crippen molar-refractivity contribution in [1.29, 1.82) is 0 Å². The largest absolute Gasteiger partial charge is 0.489 e. The van der Waals surface area contributed by atoms with Gasteiger partial charge in [0.2, 0.25) is 0 Å². The molecular formula is C21H14Cl4N2O2. The van der Waals surface area contributed by atoms with Gasteiger partial charge in [-0.1, -0.05) is 64.6 Å². The minimum absolute atomic E-state index is 0.284. The van der Waals surface area contributed by atoms with Crippen molar-refractivity contribution in [3.8, 4) is 5.75 Å². The Kier molecular flexibility index (Phi) is 7.40. The van der Waals surface area contributed by atoms with Crippen LogP contribution in [-0.2, 0) is 6.61 Å². The number of ether oxygens (including phenoxy) is 1. The Morgan fingerprint density at radius 3 is 2.45 bits per heavy atom. The maximum Gasteiger partial charge on any atom is 0.271 e. The number of carbonyl (C=O) groups excluding carboxylic acids is 1. The predicted molar refractivity (Wildman–Crippen MR) is 119 cm³/mol. The summed E-state index contributed by atoms with van der Waals surface area (Å²) in [7, 11) is 0. The number of rotatable bonds is 6. The van der Waals surface area contributed by atoms with Gasteiger partial charge < -0.3 is 4.74 Å². The van der Waals surface area contributed by atoms with Gasteiger partial charge in [-0.2, -0.15) is 5.10 Å². The summed E-state index contributed by atoms with van der Waals surface area (Å²) >= 11 is 24.0. The third-order valence-corrected chi connectivity index (χ3v) is 5.30. The fraction of sp³-hybridized carbons (Fsp3) is 0.0476. The minimum atomic E-state index is -0.369. The van der Waals surface area contributed by atoms with Gasteiger partial charge in [-0.25, -0.2) is 5.43 Å². The van der Waals surface area contributed by atoms with Crippen LogP contribution in [0.3, 0.4) is 0 Å². The standard InChI is InChI=1S/C21H14Cl4N2O2/c22-16-7-4-15(19(24)10-16)12-29-17-8-5-13(6-9-17)21(28)27-26-11-14-2-1-3-18(23)20(14)25/h1-11H,12H2,(H,27,28)/b26-11+. The Bertz CT molecular complexity index is 1050. The van der Waals surface area contributed by atoms with Crippen LogP contribution in [0.5, 0.6) is 5.75 Å². The second-order valence-corrected chi connectivity index (χ2v) is 7.52. The number of halogens is 4. The molecule has 0 aromatic heterocycles. The second kappa shape index (κ2) is 9.99. The Hall–Kier alpha value is -2.24. The molecule has 0 spiro atoms. The number of nitrogens with one attached hydrogen (secondary N) is 1. The molecule has 0 radical (unpaired) electrons. The zero-order valence-electron chi connectivity index (χ0n) is 14.8. The lowest BCUT2D eigenvalue weighted by molar-refractivity contribution is 0.0955. The van der Waals surface area contributed by atoms with Gasteiger partial charge in [-0.05, 0) is 42.5 Å². The molecule has 0 atom stereocenters. The van der Waals surface area contributed by atoms with Gasteiger partial charge in [-0.15, -0.1) is 0 Å². The lowest BCUT2D eigenvalue weighted by Crippen LogP contribution is -2.17. The van der Waals surface area contributed by atoms with E-state index in [1.54, 1.807) is 60.7 Å². The fourth-order valence-corrected chi connectivity index (χ4v) is 3.17. The Balaban J connectivity index is 1.57. The van der Waals surface area contributed by atoms with Crippen LogP contribution in [0.1, 0.15) is 21.5 Å². The van der Waals surface area contributed by atoms with Crippen molar-refractivity contribution in [2.24, 2.45) is 5.10 Å². The van der Waals surface area contributed by atoms with E-state index in [1.165, 1.54) is 6.21 Å². The van der Waals surface area contributed by atoms with Gasteiger partial charge >= 0.3 is 0 Å². The molecule has 8 heteroatoms. The van der Waals surface area contributed by atoms with Crippen molar-refractivity contribution >= 4 is 58.5 Å².